The van der Waals surface area contributed by atoms with E-state index in [0.29, 0.717) is 50.2 Å². The Morgan fingerprint density at radius 1 is 0.512 bits per heavy atom. The van der Waals surface area contributed by atoms with Gasteiger partial charge >= 0.3 is 30.2 Å². The summed E-state index contributed by atoms with van der Waals surface area (Å²) in [6.07, 6.45) is 1.73. The van der Waals surface area contributed by atoms with Crippen LogP contribution >= 0.6 is 174 Å². The molecule has 0 unspecified atom stereocenters. The Labute approximate surface area is 808 Å². The Morgan fingerprint density at radius 3 is 1.15 bits per heavy atom. The molecule has 52 heteroatoms. The van der Waals surface area contributed by atoms with Gasteiger partial charge < -0.3 is 78.4 Å². The molecule has 7 aromatic carbocycles. The minimum Gasteiger partial charge on any atom is -0.505 e. The van der Waals surface area contributed by atoms with Crippen molar-refractivity contribution >= 4 is 234 Å². The third-order valence-electron chi connectivity index (χ3n) is 12.8. The Hall–Kier alpha value is -8.56. The number of hydrogen-bond donors (Lipinski definition) is 15. The highest BCUT2D eigenvalue weighted by Crippen LogP contribution is 2.39. The molecule has 9 aromatic rings. The van der Waals surface area contributed by atoms with Crippen molar-refractivity contribution in [3.05, 3.63) is 207 Å². The molecule has 0 bridgehead atoms. The number of nitrogen functional groups attached to an aromatic ring is 1. The molecule has 0 fully saturated rings. The SMILES string of the molecule is C.C.C.C.C.C.C.C.CC(=O)c1nc(-c2cc(Cl)c(O)c(Cl)c2)n[nH]1.CCOC(=O)/C(N)=N/NC(=O)c1cc(Cl)c(O)c(Cl)c1.CCOC(=O)C(=[NH2+])SC.CCOC(=O)c1cc(Cl)c(O)c(Cl)c1.CN(Cc1ccc(Cl)c(Cl)c1)C(=O)c1nc(-c2cc(Cl)c(O)c(Cl)c2)n[nH]1.CNCc1ccc(Cl)c(Cl)c1.F[B-](F)(F)F.NN.NNC(=O)c1cc(Cl)c(O)c(Cl)c1.O.[2HH]. The number of aromatic amines is 2. The number of aromatic hydroxyl groups is 5. The Bertz CT molecular complexity index is 4910. The number of hydrazone groups is 1. The number of benzene rings is 7. The van der Waals surface area contributed by atoms with Crippen LogP contribution in [0.4, 0.5) is 17.3 Å². The number of carbonyl (C=O) groups is 7. The number of nitrogens with two attached hydrogens (primary N) is 5. The maximum atomic E-state index is 12.6. The zero-order valence-electron chi connectivity index (χ0n) is 62.0. The number of hydrazine groups is 2. The fourth-order valence-electron chi connectivity index (χ4n) is 7.53. The second-order valence-electron chi connectivity index (χ2n) is 21.3. The molecule has 9 rings (SSSR count). The number of esters is 3. The summed E-state index contributed by atoms with van der Waals surface area (Å²) in [4.78, 5) is 88.9. The molecule has 0 aliphatic heterocycles. The summed E-state index contributed by atoms with van der Waals surface area (Å²) in [7, 11) is -2.48. The first-order valence-electron chi connectivity index (χ1n) is 31.8. The Kier molecular flexibility index (Phi) is 73.6. The highest BCUT2D eigenvalue weighted by Gasteiger charge is 2.23. The third kappa shape index (κ3) is 48.1. The highest BCUT2D eigenvalue weighted by atomic mass is 35.5. The summed E-state index contributed by atoms with van der Waals surface area (Å²) in [6.45, 7) is 8.32. The van der Waals surface area contributed by atoms with Crippen LogP contribution < -0.4 is 44.8 Å². The molecule has 127 heavy (non-hydrogen) atoms. The van der Waals surface area contributed by atoms with E-state index < -0.39 is 42.8 Å². The van der Waals surface area contributed by atoms with Gasteiger partial charge in [-0.15, -0.1) is 5.10 Å². The number of Topliss-reactive ketones (excluding diaryl/α,β-unsaturated/α-hetero) is 1. The van der Waals surface area contributed by atoms with Gasteiger partial charge in [0.15, 0.2) is 52.0 Å². The van der Waals surface area contributed by atoms with Crippen molar-refractivity contribution in [1.29, 1.82) is 0 Å². The largest absolute Gasteiger partial charge is 0.673 e. The number of ether oxygens (including phenoxy) is 3. The van der Waals surface area contributed by atoms with Crippen molar-refractivity contribution in [1.82, 2.24) is 51.4 Å². The smallest absolute Gasteiger partial charge is 0.505 e. The maximum Gasteiger partial charge on any atom is 0.673 e. The third-order valence-corrected chi connectivity index (χ3v) is 17.8. The molecule has 2 heterocycles. The fourth-order valence-corrected chi connectivity index (χ4v) is 10.8. The van der Waals surface area contributed by atoms with Crippen LogP contribution in [0, 0.1) is 0 Å². The van der Waals surface area contributed by atoms with Gasteiger partial charge in [0.2, 0.25) is 11.7 Å². The number of ketones is 1. The summed E-state index contributed by atoms with van der Waals surface area (Å²) in [5.74, 6) is 8.25. The predicted octanol–water partition coefficient (Wildman–Crippen LogP) is 19.6. The quantitative estimate of drug-likeness (QED) is 0.00433. The second-order valence-corrected chi connectivity index (χ2v) is 27.9. The number of H-pyrrole nitrogens is 2. The fraction of sp³-hybridized carbons (Fsp3) is 0.267. The second kappa shape index (κ2) is 68.5. The topological polar surface area (TPSA) is 544 Å². The first kappa shape index (κ1) is 136. The van der Waals surface area contributed by atoms with Crippen molar-refractivity contribution in [3.63, 3.8) is 0 Å². The van der Waals surface area contributed by atoms with Crippen molar-refractivity contribution < 1.29 is 103 Å². The first-order chi connectivity index (χ1) is 55.2. The molecular weight excluding hydrogens is 2000 g/mol. The number of halogens is 18. The summed E-state index contributed by atoms with van der Waals surface area (Å²) in [6, 6.07) is 24.1. The van der Waals surface area contributed by atoms with Crippen LogP contribution in [0.2, 0.25) is 70.3 Å². The lowest BCUT2D eigenvalue weighted by Gasteiger charge is -2.15. The van der Waals surface area contributed by atoms with E-state index >= 15 is 0 Å². The van der Waals surface area contributed by atoms with Gasteiger partial charge in [-0.2, -0.15) is 10.2 Å². The molecular formula is C75H103BCl14F4N16O16S. The van der Waals surface area contributed by atoms with Crippen molar-refractivity contribution in [2.75, 3.05) is 40.2 Å². The van der Waals surface area contributed by atoms with E-state index in [9.17, 15) is 71.3 Å². The zero-order valence-corrected chi connectivity index (χ0v) is 73.4. The summed E-state index contributed by atoms with van der Waals surface area (Å²) in [5, 5.41) is 73.8. The van der Waals surface area contributed by atoms with E-state index in [0.717, 1.165) is 17.7 Å². The van der Waals surface area contributed by atoms with Crippen LogP contribution in [0.25, 0.3) is 22.8 Å². The lowest BCUT2D eigenvalue weighted by molar-refractivity contribution is -0.149. The van der Waals surface area contributed by atoms with E-state index in [1.807, 2.05) is 30.0 Å². The molecule has 22 N–H and O–H groups in total. The van der Waals surface area contributed by atoms with Crippen molar-refractivity contribution in [3.8, 4) is 51.5 Å². The van der Waals surface area contributed by atoms with Gasteiger partial charge in [0.25, 0.3) is 17.7 Å². The number of nitrogens with one attached hydrogen (secondary N) is 5. The van der Waals surface area contributed by atoms with Crippen LogP contribution in [0.5, 0.6) is 28.7 Å². The number of amides is 3. The number of nitrogens with zero attached hydrogens (tertiary/aromatic N) is 6. The minimum atomic E-state index is -6.00. The number of amidine groups is 1. The normalized spacial score (nSPS) is 9.56. The van der Waals surface area contributed by atoms with E-state index in [-0.39, 0.29) is 209 Å². The monoisotopic (exact) mass is 2090 g/mol. The van der Waals surface area contributed by atoms with E-state index in [4.69, 9.17) is 189 Å². The number of aromatic nitrogens is 6. The number of thioether (sulfide) groups is 1. The van der Waals surface area contributed by atoms with E-state index in [2.05, 4.69) is 61.9 Å². The molecule has 0 aliphatic rings. The van der Waals surface area contributed by atoms with Crippen LogP contribution in [0.15, 0.2) is 102 Å². The maximum absolute atomic E-state index is 12.6. The van der Waals surface area contributed by atoms with E-state index in [1.54, 1.807) is 58.3 Å². The van der Waals surface area contributed by atoms with Crippen LogP contribution in [0.1, 0.15) is 152 Å². The summed E-state index contributed by atoms with van der Waals surface area (Å²) < 4.78 is 52.9. The van der Waals surface area contributed by atoms with Gasteiger partial charge in [0, 0.05) is 50.7 Å². The number of carbonyl (C=O) groups excluding carboxylic acids is 7. The lowest BCUT2D eigenvalue weighted by atomic mass is 10.2. The van der Waals surface area contributed by atoms with Crippen LogP contribution in [-0.4, -0.2) is 166 Å². The molecule has 0 saturated carbocycles. The molecule has 0 aliphatic carbocycles. The molecule has 3 amide bonds. The summed E-state index contributed by atoms with van der Waals surface area (Å²) in [5.41, 5.74) is 12.6. The molecule has 714 valence electrons. The van der Waals surface area contributed by atoms with Gasteiger partial charge in [0.1, 0.15) is 0 Å². The van der Waals surface area contributed by atoms with Crippen LogP contribution in [-0.2, 0) is 36.9 Å². The Balaban J connectivity index is -0.000000158. The average Bonchev–Trinajstić information content (AvgIpc) is 1.62. The molecule has 0 radical (unpaired) electrons. The van der Waals surface area contributed by atoms with Gasteiger partial charge in [0.05, 0.1) is 95.7 Å². The standard InChI is InChI=1S/C17H12Cl4N4O2.C11H11Cl2N3O4.C10H7Cl2N3O2.C9H8Cl2O3.C8H9Cl2N.C7H6Cl2N2O2.C5H9NO2S.8CH4.BF4.H4N2.H2O.H2/c1-25(7-8-2-3-10(18)11(19)4-8)17(27)16-22-15(23-24-16)9-5-12(20)14(26)13(21)6-9;1-2-20-11(19)9(14)15-16-10(18)5-3-6(12)8(17)7(13)4-5;1-4(16)9-13-10(15-14-9)5-2-6(11)8(17)7(12)3-5;1-2-14-9(13)5-3-6(10)8(12)7(11)4-5;1-11-5-6-2-3-7(9)8(10)4-6;8-4-1-3(7(13)11-10)2-5(9)6(4)12;1-3-8-5(7)4(6)9-2;;;;;;;;;2-1(3,4)5;1-2;;/h2-6,26H,7H2,1H3,(H,22,23,24);3-4,17H,2H2,1H3,(H2,14,15)(H,16,18);2-3,17H,1H3,(H,13,14,15);3-4,12H,2H2,1H3;2-4,11H,5H2,1H3;1-2,12H,10H2,(H,11,13);6H,3H2,1-2H3;8*1H4;;1-2H2;1H2;1H/q;;;;;;;;;;;;;;;-1;;;/p+1/i;;;;;;;;;;;;;;;;;;1+1. The van der Waals surface area contributed by atoms with Gasteiger partial charge in [-0.05, 0) is 130 Å². The first-order valence-corrected chi connectivity index (χ1v) is 38.3. The number of hydrogen-bond acceptors (Lipinski definition) is 25. The van der Waals surface area contributed by atoms with Crippen LogP contribution in [0.3, 0.4) is 0 Å². The van der Waals surface area contributed by atoms with Gasteiger partial charge in [-0.3, -0.25) is 46.5 Å². The van der Waals surface area contributed by atoms with Gasteiger partial charge in [-0.25, -0.2) is 41.0 Å². The number of phenolic OH excluding ortho intramolecular Hbond substituents is 5. The Morgan fingerprint density at radius 2 is 0.827 bits per heavy atom. The predicted molar refractivity (Wildman–Crippen MR) is 511 cm³/mol. The molecule has 0 saturated heterocycles. The highest BCUT2D eigenvalue weighted by molar-refractivity contribution is 8.14. The summed E-state index contributed by atoms with van der Waals surface area (Å²) >= 11 is 81.7. The molecule has 0 atom stereocenters. The molecule has 32 nitrogen and oxygen atoms in total. The average molecular weight is 2100 g/mol. The molecule has 2 aromatic heterocycles. The minimum absolute atomic E-state index is 0. The van der Waals surface area contributed by atoms with Crippen molar-refractivity contribution in [2.24, 2.45) is 28.4 Å². The number of phenols is 5. The zero-order chi connectivity index (χ0) is 90.3. The van der Waals surface area contributed by atoms with Crippen molar-refractivity contribution in [2.45, 2.75) is 100 Å². The van der Waals surface area contributed by atoms with E-state index in [1.165, 1.54) is 84.2 Å². The lowest BCUT2D eigenvalue weighted by Crippen LogP contribution is -2.43. The number of rotatable bonds is 15. The molecule has 0 spiro atoms. The van der Waals surface area contributed by atoms with Gasteiger partial charge in [-0.1, -0.05) is 246 Å².